The van der Waals surface area contributed by atoms with Gasteiger partial charge in [0.15, 0.2) is 5.92 Å². The van der Waals surface area contributed by atoms with Crippen molar-refractivity contribution in [2.45, 2.75) is 46.5 Å². The molecule has 0 N–H and O–H groups in total. The number of esters is 2. The van der Waals surface area contributed by atoms with Crippen LogP contribution < -0.4 is 0 Å². The Morgan fingerprint density at radius 2 is 1.47 bits per heavy atom. The molecular formula is C15H26O4. The van der Waals surface area contributed by atoms with Crippen LogP contribution in [0.2, 0.25) is 0 Å². The molecule has 0 heterocycles. The first-order chi connectivity index (χ1) is 9.08. The van der Waals surface area contributed by atoms with E-state index < -0.39 is 17.9 Å². The van der Waals surface area contributed by atoms with E-state index in [1.54, 1.807) is 13.0 Å². The van der Waals surface area contributed by atoms with Gasteiger partial charge in [-0.3, -0.25) is 9.59 Å². The Balaban J connectivity index is 4.47. The molecule has 0 spiro atoms. The first kappa shape index (κ1) is 17.7. The number of unbranched alkanes of at least 4 members (excludes halogenated alkanes) is 2. The quantitative estimate of drug-likeness (QED) is 0.265. The molecule has 0 rings (SSSR count). The molecule has 110 valence electrons. The van der Waals surface area contributed by atoms with Gasteiger partial charge in [-0.05, 0) is 18.8 Å². The van der Waals surface area contributed by atoms with Crippen molar-refractivity contribution in [2.75, 3.05) is 13.2 Å². The molecule has 0 saturated carbocycles. The maximum absolute atomic E-state index is 11.9. The minimum atomic E-state index is -0.897. The lowest BCUT2D eigenvalue weighted by atomic mass is 9.94. The molecule has 0 bridgehead atoms. The van der Waals surface area contributed by atoms with E-state index in [4.69, 9.17) is 9.47 Å². The van der Waals surface area contributed by atoms with Crippen molar-refractivity contribution in [3.05, 3.63) is 12.7 Å². The van der Waals surface area contributed by atoms with Crippen LogP contribution in [0, 0.1) is 11.8 Å². The van der Waals surface area contributed by atoms with Crippen molar-refractivity contribution >= 4 is 11.9 Å². The van der Waals surface area contributed by atoms with Crippen LogP contribution in [0.5, 0.6) is 0 Å². The summed E-state index contributed by atoms with van der Waals surface area (Å²) in [5.41, 5.74) is 0. The fourth-order valence-electron chi connectivity index (χ4n) is 1.48. The standard InChI is InChI=1S/C15H26O4/c1-5-8-10-18-14(16)13(12(4)7-3)15(17)19-11-9-6-2/h7,12-13H,3,5-6,8-11H2,1-2,4H3. The number of carbonyl (C=O) groups is 2. The van der Waals surface area contributed by atoms with Crippen LogP contribution in [-0.2, 0) is 19.1 Å². The second kappa shape index (κ2) is 10.6. The molecule has 0 aliphatic carbocycles. The molecule has 4 nitrogen and oxygen atoms in total. The van der Waals surface area contributed by atoms with Gasteiger partial charge < -0.3 is 9.47 Å². The molecule has 4 heteroatoms. The number of allylic oxidation sites excluding steroid dienone is 1. The largest absolute Gasteiger partial charge is 0.465 e. The Bertz CT molecular complexity index is 264. The molecule has 19 heavy (non-hydrogen) atoms. The van der Waals surface area contributed by atoms with Crippen molar-refractivity contribution < 1.29 is 19.1 Å². The van der Waals surface area contributed by atoms with Crippen LogP contribution in [0.25, 0.3) is 0 Å². The Labute approximate surface area is 116 Å². The molecule has 0 aliphatic heterocycles. The zero-order valence-electron chi connectivity index (χ0n) is 12.3. The molecule has 0 aliphatic rings. The normalized spacial score (nSPS) is 12.0. The Morgan fingerprint density at radius 3 is 1.79 bits per heavy atom. The van der Waals surface area contributed by atoms with Gasteiger partial charge in [-0.1, -0.05) is 39.7 Å². The lowest BCUT2D eigenvalue weighted by Crippen LogP contribution is -2.33. The first-order valence-corrected chi connectivity index (χ1v) is 7.04. The fraction of sp³-hybridized carbons (Fsp3) is 0.733. The minimum absolute atomic E-state index is 0.289. The highest BCUT2D eigenvalue weighted by Gasteiger charge is 2.33. The summed E-state index contributed by atoms with van der Waals surface area (Å²) < 4.78 is 10.2. The van der Waals surface area contributed by atoms with E-state index >= 15 is 0 Å². The number of rotatable bonds is 10. The summed E-state index contributed by atoms with van der Waals surface area (Å²) in [7, 11) is 0. The number of hydrogen-bond acceptors (Lipinski definition) is 4. The van der Waals surface area contributed by atoms with Crippen molar-refractivity contribution in [2.24, 2.45) is 11.8 Å². The second-order valence-corrected chi connectivity index (χ2v) is 4.61. The molecule has 1 atom stereocenters. The van der Waals surface area contributed by atoms with E-state index in [0.29, 0.717) is 13.2 Å². The predicted octanol–water partition coefficient (Wildman–Crippen LogP) is 3.11. The molecule has 0 saturated heterocycles. The molecule has 0 aromatic heterocycles. The molecule has 0 fully saturated rings. The molecule has 0 aromatic rings. The van der Waals surface area contributed by atoms with Crippen molar-refractivity contribution in [3.8, 4) is 0 Å². The molecule has 0 radical (unpaired) electrons. The summed E-state index contributed by atoms with van der Waals surface area (Å²) >= 11 is 0. The van der Waals surface area contributed by atoms with Crippen LogP contribution in [0.15, 0.2) is 12.7 Å². The number of ether oxygens (including phenoxy) is 2. The Morgan fingerprint density at radius 1 is 1.05 bits per heavy atom. The third-order valence-corrected chi connectivity index (χ3v) is 2.89. The van der Waals surface area contributed by atoms with Gasteiger partial charge in [0.25, 0.3) is 0 Å². The smallest absolute Gasteiger partial charge is 0.320 e. The van der Waals surface area contributed by atoms with E-state index in [1.165, 1.54) is 0 Å². The van der Waals surface area contributed by atoms with Crippen LogP contribution in [0.3, 0.4) is 0 Å². The van der Waals surface area contributed by atoms with Gasteiger partial charge >= 0.3 is 11.9 Å². The van der Waals surface area contributed by atoms with Gasteiger partial charge in [-0.15, -0.1) is 6.58 Å². The predicted molar refractivity (Wildman–Crippen MR) is 74.6 cm³/mol. The van der Waals surface area contributed by atoms with E-state index in [0.717, 1.165) is 25.7 Å². The van der Waals surface area contributed by atoms with Gasteiger partial charge in [0.2, 0.25) is 0 Å². The van der Waals surface area contributed by atoms with Crippen LogP contribution >= 0.6 is 0 Å². The SMILES string of the molecule is C=CC(C)C(C(=O)OCCCC)C(=O)OCCCC. The minimum Gasteiger partial charge on any atom is -0.465 e. The highest BCUT2D eigenvalue weighted by molar-refractivity contribution is 5.95. The summed E-state index contributed by atoms with van der Waals surface area (Å²) in [5, 5.41) is 0. The summed E-state index contributed by atoms with van der Waals surface area (Å²) in [4.78, 5) is 23.8. The van der Waals surface area contributed by atoms with E-state index in [2.05, 4.69) is 6.58 Å². The van der Waals surface area contributed by atoms with Crippen LogP contribution in [0.4, 0.5) is 0 Å². The first-order valence-electron chi connectivity index (χ1n) is 7.04. The molecule has 1 unspecified atom stereocenters. The average molecular weight is 270 g/mol. The zero-order valence-corrected chi connectivity index (χ0v) is 12.3. The fourth-order valence-corrected chi connectivity index (χ4v) is 1.48. The molecule has 0 aromatic carbocycles. The third-order valence-electron chi connectivity index (χ3n) is 2.89. The van der Waals surface area contributed by atoms with Crippen LogP contribution in [0.1, 0.15) is 46.5 Å². The lowest BCUT2D eigenvalue weighted by molar-refractivity contribution is -0.164. The van der Waals surface area contributed by atoms with Gasteiger partial charge in [-0.25, -0.2) is 0 Å². The monoisotopic (exact) mass is 270 g/mol. The highest BCUT2D eigenvalue weighted by atomic mass is 16.6. The maximum atomic E-state index is 11.9. The van der Waals surface area contributed by atoms with Gasteiger partial charge in [-0.2, -0.15) is 0 Å². The number of carbonyl (C=O) groups excluding carboxylic acids is 2. The summed E-state index contributed by atoms with van der Waals surface area (Å²) in [5.74, 6) is -2.21. The van der Waals surface area contributed by atoms with Gasteiger partial charge in [0.05, 0.1) is 13.2 Å². The third kappa shape index (κ3) is 6.99. The van der Waals surface area contributed by atoms with Crippen molar-refractivity contribution in [3.63, 3.8) is 0 Å². The van der Waals surface area contributed by atoms with Crippen molar-refractivity contribution in [1.82, 2.24) is 0 Å². The van der Waals surface area contributed by atoms with Gasteiger partial charge in [0, 0.05) is 0 Å². The zero-order chi connectivity index (χ0) is 14.7. The van der Waals surface area contributed by atoms with Crippen LogP contribution in [-0.4, -0.2) is 25.2 Å². The summed E-state index contributed by atoms with van der Waals surface area (Å²) in [6.07, 6.45) is 5.05. The molecular weight excluding hydrogens is 244 g/mol. The Hall–Kier alpha value is -1.32. The Kier molecular flexibility index (Phi) is 9.85. The summed E-state index contributed by atoms with van der Waals surface area (Å²) in [6.45, 7) is 10.1. The lowest BCUT2D eigenvalue weighted by Gasteiger charge is -2.18. The molecule has 0 amide bonds. The van der Waals surface area contributed by atoms with E-state index in [-0.39, 0.29) is 5.92 Å². The van der Waals surface area contributed by atoms with Gasteiger partial charge in [0.1, 0.15) is 0 Å². The average Bonchev–Trinajstić information content (AvgIpc) is 2.39. The number of hydrogen-bond donors (Lipinski definition) is 0. The second-order valence-electron chi connectivity index (χ2n) is 4.61. The summed E-state index contributed by atoms with van der Waals surface area (Å²) in [6, 6.07) is 0. The van der Waals surface area contributed by atoms with Crippen molar-refractivity contribution in [1.29, 1.82) is 0 Å². The van der Waals surface area contributed by atoms with E-state index in [9.17, 15) is 9.59 Å². The maximum Gasteiger partial charge on any atom is 0.320 e. The topological polar surface area (TPSA) is 52.6 Å². The highest BCUT2D eigenvalue weighted by Crippen LogP contribution is 2.17. The van der Waals surface area contributed by atoms with E-state index in [1.807, 2.05) is 13.8 Å².